The third kappa shape index (κ3) is 6.76. The third-order valence-electron chi connectivity index (χ3n) is 3.36. The van der Waals surface area contributed by atoms with Crippen LogP contribution in [0.4, 0.5) is 28.9 Å². The number of anilines is 2. The Hall–Kier alpha value is -3.69. The van der Waals surface area contributed by atoms with Gasteiger partial charge in [-0.25, -0.2) is 9.18 Å². The van der Waals surface area contributed by atoms with Crippen LogP contribution in [-0.2, 0) is 14.3 Å². The number of alkyl halides is 3. The smallest absolute Gasteiger partial charge is 0.452 e. The Balaban J connectivity index is 1.95. The lowest BCUT2D eigenvalue weighted by molar-refractivity contribution is -0.165. The Bertz CT molecular complexity index is 925. The summed E-state index contributed by atoms with van der Waals surface area (Å²) in [6.07, 6.45) is -3.99. The van der Waals surface area contributed by atoms with Gasteiger partial charge in [-0.15, -0.1) is 0 Å². The van der Waals surface area contributed by atoms with E-state index in [1.165, 1.54) is 36.4 Å². The Kier molecular flexibility index (Phi) is 7.07. The summed E-state index contributed by atoms with van der Waals surface area (Å²) in [5.74, 6) is -4.14. The van der Waals surface area contributed by atoms with Crippen molar-refractivity contribution >= 4 is 29.0 Å². The first-order valence-corrected chi connectivity index (χ1v) is 8.02. The number of amides is 1. The molecule has 0 saturated carbocycles. The number of halogens is 4. The fourth-order valence-corrected chi connectivity index (χ4v) is 2.03. The van der Waals surface area contributed by atoms with E-state index in [4.69, 9.17) is 4.74 Å². The standard InChI is InChI=1S/C19H14F4N2O4/c20-12-5-7-13(8-6-12)25-17(27)11-29-18(28)14-3-1-2-4-15(14)24-10-9-16(26)19(21,22)23/h1-10,24H,11H2,(H,25,27)/b10-9+. The summed E-state index contributed by atoms with van der Waals surface area (Å²) in [6, 6.07) is 10.6. The molecule has 0 unspecified atom stereocenters. The molecule has 0 aliphatic heterocycles. The van der Waals surface area contributed by atoms with Gasteiger partial charge in [0.1, 0.15) is 5.82 Å². The lowest BCUT2D eigenvalue weighted by Crippen LogP contribution is -2.21. The molecule has 1 amide bonds. The highest BCUT2D eigenvalue weighted by Gasteiger charge is 2.36. The second-order valence-corrected chi connectivity index (χ2v) is 5.52. The van der Waals surface area contributed by atoms with Crippen molar-refractivity contribution in [3.8, 4) is 0 Å². The van der Waals surface area contributed by atoms with Crippen molar-refractivity contribution in [1.82, 2.24) is 0 Å². The van der Waals surface area contributed by atoms with E-state index in [2.05, 4.69) is 10.6 Å². The molecular weight excluding hydrogens is 396 g/mol. The summed E-state index contributed by atoms with van der Waals surface area (Å²) in [7, 11) is 0. The zero-order valence-electron chi connectivity index (χ0n) is 14.6. The molecule has 0 bridgehead atoms. The maximum absolute atomic E-state index is 12.8. The molecule has 152 valence electrons. The van der Waals surface area contributed by atoms with Gasteiger partial charge in [-0.2, -0.15) is 13.2 Å². The van der Waals surface area contributed by atoms with Gasteiger partial charge in [0, 0.05) is 18.0 Å². The number of hydrogen-bond donors (Lipinski definition) is 2. The molecule has 0 aromatic heterocycles. The Labute approximate surface area is 162 Å². The second kappa shape index (κ2) is 9.49. The summed E-state index contributed by atoms with van der Waals surface area (Å²) >= 11 is 0. The summed E-state index contributed by atoms with van der Waals surface area (Å²) < 4.78 is 54.2. The molecule has 6 nitrogen and oxygen atoms in total. The quantitative estimate of drug-likeness (QED) is 0.413. The molecule has 0 aliphatic rings. The highest BCUT2D eigenvalue weighted by atomic mass is 19.4. The second-order valence-electron chi connectivity index (χ2n) is 5.52. The van der Waals surface area contributed by atoms with Crippen molar-refractivity contribution < 1.29 is 36.7 Å². The molecule has 2 rings (SSSR count). The van der Waals surface area contributed by atoms with Crippen LogP contribution in [-0.4, -0.2) is 30.4 Å². The number of rotatable bonds is 7. The van der Waals surface area contributed by atoms with Gasteiger partial charge in [0.15, 0.2) is 6.61 Å². The molecule has 10 heteroatoms. The fourth-order valence-electron chi connectivity index (χ4n) is 2.03. The Morgan fingerprint density at radius 3 is 2.31 bits per heavy atom. The molecule has 0 heterocycles. The van der Waals surface area contributed by atoms with E-state index in [-0.39, 0.29) is 17.3 Å². The van der Waals surface area contributed by atoms with Crippen LogP contribution < -0.4 is 10.6 Å². The summed E-state index contributed by atoms with van der Waals surface area (Å²) in [4.78, 5) is 34.8. The lowest BCUT2D eigenvalue weighted by atomic mass is 10.2. The van der Waals surface area contributed by atoms with Gasteiger partial charge >= 0.3 is 12.1 Å². The number of ether oxygens (including phenoxy) is 1. The van der Waals surface area contributed by atoms with Crippen LogP contribution in [0.15, 0.2) is 60.8 Å². The molecule has 0 fully saturated rings. The van der Waals surface area contributed by atoms with Crippen LogP contribution in [0.2, 0.25) is 0 Å². The van der Waals surface area contributed by atoms with Gasteiger partial charge in [-0.05, 0) is 36.4 Å². The molecule has 0 spiro atoms. The SMILES string of the molecule is O=C(COC(=O)c1ccccc1N/C=C/C(=O)C(F)(F)F)Nc1ccc(F)cc1. The topological polar surface area (TPSA) is 84.5 Å². The van der Waals surface area contributed by atoms with Gasteiger partial charge in [0.2, 0.25) is 0 Å². The van der Waals surface area contributed by atoms with E-state index >= 15 is 0 Å². The van der Waals surface area contributed by atoms with Gasteiger partial charge in [-0.3, -0.25) is 9.59 Å². The number of nitrogens with one attached hydrogen (secondary N) is 2. The fraction of sp³-hybridized carbons (Fsp3) is 0.105. The molecule has 29 heavy (non-hydrogen) atoms. The number of carbonyl (C=O) groups is 3. The molecule has 0 radical (unpaired) electrons. The molecule has 2 aromatic carbocycles. The van der Waals surface area contributed by atoms with Crippen molar-refractivity contribution in [2.24, 2.45) is 0 Å². The Morgan fingerprint density at radius 1 is 1.00 bits per heavy atom. The minimum absolute atomic E-state index is 0.0637. The van der Waals surface area contributed by atoms with Crippen molar-refractivity contribution in [3.05, 3.63) is 72.2 Å². The van der Waals surface area contributed by atoms with Crippen LogP contribution in [0.3, 0.4) is 0 Å². The average Bonchev–Trinajstić information content (AvgIpc) is 2.67. The van der Waals surface area contributed by atoms with E-state index in [9.17, 15) is 31.9 Å². The van der Waals surface area contributed by atoms with E-state index in [0.29, 0.717) is 5.69 Å². The summed E-state index contributed by atoms with van der Waals surface area (Å²) in [6.45, 7) is -0.646. The number of allylic oxidation sites excluding steroid dienone is 1. The molecule has 2 aromatic rings. The van der Waals surface area contributed by atoms with Crippen molar-refractivity contribution in [1.29, 1.82) is 0 Å². The number of hydrogen-bond acceptors (Lipinski definition) is 5. The average molecular weight is 410 g/mol. The molecule has 0 atom stereocenters. The van der Waals surface area contributed by atoms with Crippen LogP contribution in [0, 0.1) is 5.82 Å². The maximum Gasteiger partial charge on any atom is 0.454 e. The van der Waals surface area contributed by atoms with Crippen LogP contribution in [0.25, 0.3) is 0 Å². The van der Waals surface area contributed by atoms with Crippen molar-refractivity contribution in [2.75, 3.05) is 17.2 Å². The minimum Gasteiger partial charge on any atom is -0.452 e. The number of carbonyl (C=O) groups excluding carboxylic acids is 3. The van der Waals surface area contributed by atoms with Crippen molar-refractivity contribution in [2.45, 2.75) is 6.18 Å². The largest absolute Gasteiger partial charge is 0.454 e. The van der Waals surface area contributed by atoms with Gasteiger partial charge in [-0.1, -0.05) is 12.1 Å². The van der Waals surface area contributed by atoms with E-state index in [0.717, 1.165) is 18.3 Å². The van der Waals surface area contributed by atoms with Crippen LogP contribution >= 0.6 is 0 Å². The highest BCUT2D eigenvalue weighted by Crippen LogP contribution is 2.18. The monoisotopic (exact) mass is 410 g/mol. The minimum atomic E-state index is -5.01. The normalized spacial score (nSPS) is 11.2. The molecule has 0 aliphatic carbocycles. The first kappa shape index (κ1) is 21.6. The number of ketones is 1. The number of para-hydroxylation sites is 1. The van der Waals surface area contributed by atoms with E-state index in [1.54, 1.807) is 0 Å². The van der Waals surface area contributed by atoms with E-state index < -0.39 is 36.3 Å². The summed E-state index contributed by atoms with van der Waals surface area (Å²) in [5.41, 5.74) is 0.308. The molecule has 2 N–H and O–H groups in total. The predicted molar refractivity (Wildman–Crippen MR) is 95.6 cm³/mol. The molecule has 0 saturated heterocycles. The first-order chi connectivity index (χ1) is 13.7. The van der Waals surface area contributed by atoms with E-state index in [1.807, 2.05) is 0 Å². The molecular formula is C19H14F4N2O4. The third-order valence-corrected chi connectivity index (χ3v) is 3.36. The number of benzene rings is 2. The summed E-state index contributed by atoms with van der Waals surface area (Å²) in [5, 5.41) is 4.79. The predicted octanol–water partition coefficient (Wildman–Crippen LogP) is 3.68. The van der Waals surface area contributed by atoms with Gasteiger partial charge < -0.3 is 15.4 Å². The first-order valence-electron chi connectivity index (χ1n) is 8.02. The van der Waals surface area contributed by atoms with Crippen molar-refractivity contribution in [3.63, 3.8) is 0 Å². The maximum atomic E-state index is 12.8. The highest BCUT2D eigenvalue weighted by molar-refractivity contribution is 5.99. The van der Waals surface area contributed by atoms with Crippen LogP contribution in [0.1, 0.15) is 10.4 Å². The Morgan fingerprint density at radius 2 is 1.66 bits per heavy atom. The zero-order chi connectivity index (χ0) is 21.4. The van der Waals surface area contributed by atoms with Crippen LogP contribution in [0.5, 0.6) is 0 Å². The van der Waals surface area contributed by atoms with Gasteiger partial charge in [0.25, 0.3) is 11.7 Å². The number of esters is 1. The zero-order valence-corrected chi connectivity index (χ0v) is 14.6. The lowest BCUT2D eigenvalue weighted by Gasteiger charge is -2.10. The van der Waals surface area contributed by atoms with Gasteiger partial charge in [0.05, 0.1) is 11.3 Å².